The summed E-state index contributed by atoms with van der Waals surface area (Å²) in [6, 6.07) is 0. The van der Waals surface area contributed by atoms with Crippen molar-refractivity contribution in [2.24, 2.45) is 11.3 Å². The van der Waals surface area contributed by atoms with E-state index in [0.29, 0.717) is 0 Å². The molecule has 0 aromatic rings. The average Bonchev–Trinajstić information content (AvgIpc) is 2.31. The second-order valence-electron chi connectivity index (χ2n) is 8.18. The topological polar surface area (TPSA) is 72.9 Å². The zero-order valence-electron chi connectivity index (χ0n) is 14.8. The minimum atomic E-state index is -3.40. The van der Waals surface area contributed by atoms with Crippen LogP contribution in [0.25, 0.3) is 0 Å². The molecule has 1 spiro atoms. The fraction of sp³-hybridized carbons (Fsp3) is 0.938. The molecular weight excluding hydrogens is 318 g/mol. The van der Waals surface area contributed by atoms with Crippen molar-refractivity contribution in [1.82, 2.24) is 4.90 Å². The quantitative estimate of drug-likeness (QED) is 0.734. The summed E-state index contributed by atoms with van der Waals surface area (Å²) in [6.07, 6.45) is 4.49. The molecule has 2 aliphatic rings. The number of carbonyl (C=O) groups excluding carboxylic acids is 1. The highest BCUT2D eigenvalue weighted by Gasteiger charge is 2.48. The van der Waals surface area contributed by atoms with Gasteiger partial charge in [-0.1, -0.05) is 0 Å². The Morgan fingerprint density at radius 3 is 2.17 bits per heavy atom. The average molecular weight is 347 g/mol. The van der Waals surface area contributed by atoms with E-state index >= 15 is 0 Å². The van der Waals surface area contributed by atoms with Crippen molar-refractivity contribution in [1.29, 1.82) is 0 Å². The largest absolute Gasteiger partial charge is 0.444 e. The molecule has 1 aliphatic carbocycles. The van der Waals surface area contributed by atoms with Gasteiger partial charge >= 0.3 is 6.09 Å². The summed E-state index contributed by atoms with van der Waals surface area (Å²) < 4.78 is 33.0. The van der Waals surface area contributed by atoms with E-state index in [2.05, 4.69) is 0 Å². The van der Waals surface area contributed by atoms with E-state index < -0.39 is 15.7 Å². The Hall–Kier alpha value is -0.820. The lowest BCUT2D eigenvalue weighted by molar-refractivity contribution is -0.0603. The van der Waals surface area contributed by atoms with Crippen LogP contribution in [0.1, 0.15) is 53.4 Å². The Bertz CT molecular complexity index is 535. The van der Waals surface area contributed by atoms with Gasteiger partial charge < -0.3 is 9.64 Å². The maximum Gasteiger partial charge on any atom is 0.410 e. The minimum absolute atomic E-state index is 0.193. The van der Waals surface area contributed by atoms with Gasteiger partial charge in [-0.25, -0.2) is 4.79 Å². The van der Waals surface area contributed by atoms with Gasteiger partial charge in [-0.3, -0.25) is 4.18 Å². The third-order valence-electron chi connectivity index (χ3n) is 4.79. The summed E-state index contributed by atoms with van der Waals surface area (Å²) in [5.41, 5.74) is -0.270. The summed E-state index contributed by atoms with van der Waals surface area (Å²) in [6.45, 7) is 8.93. The first-order valence-corrected chi connectivity index (χ1v) is 10.1. The van der Waals surface area contributed by atoms with Crippen LogP contribution in [-0.2, 0) is 19.0 Å². The van der Waals surface area contributed by atoms with Crippen LogP contribution in [0.4, 0.5) is 4.79 Å². The molecule has 6 nitrogen and oxygen atoms in total. The Labute approximate surface area is 139 Å². The van der Waals surface area contributed by atoms with E-state index in [1.165, 1.54) is 0 Å². The van der Waals surface area contributed by atoms with Crippen LogP contribution < -0.4 is 0 Å². The number of hydrogen-bond donors (Lipinski definition) is 0. The van der Waals surface area contributed by atoms with Gasteiger partial charge in [0, 0.05) is 18.5 Å². The first-order valence-electron chi connectivity index (χ1n) is 8.25. The predicted molar refractivity (Wildman–Crippen MR) is 87.6 cm³/mol. The van der Waals surface area contributed by atoms with Gasteiger partial charge in [0.1, 0.15) is 5.60 Å². The zero-order chi connectivity index (χ0) is 17.5. The van der Waals surface area contributed by atoms with Crippen molar-refractivity contribution >= 4 is 16.2 Å². The van der Waals surface area contributed by atoms with Crippen LogP contribution in [0.2, 0.25) is 0 Å². The Kier molecular flexibility index (Phi) is 5.02. The number of amides is 1. The number of hydrogen-bond acceptors (Lipinski definition) is 5. The molecule has 1 saturated heterocycles. The van der Waals surface area contributed by atoms with Crippen LogP contribution in [0.3, 0.4) is 0 Å². The lowest BCUT2D eigenvalue weighted by Gasteiger charge is -2.53. The van der Waals surface area contributed by atoms with Gasteiger partial charge in [0.05, 0.1) is 12.4 Å². The highest BCUT2D eigenvalue weighted by molar-refractivity contribution is 7.86. The molecule has 0 radical (unpaired) electrons. The standard InChI is InChI=1S/C16H29NO5S/c1-12(22-23(5,19)20)13-6-8-16(9-7-13)10-17(11-16)14(18)21-15(2,3)4/h12-13H,6-11H2,1-5H3. The monoisotopic (exact) mass is 347 g/mol. The SMILES string of the molecule is CC(OS(C)(=O)=O)C1CCC2(CC1)CN(C(=O)OC(C)(C)C)C2. The smallest absolute Gasteiger partial charge is 0.410 e. The molecule has 0 aromatic heterocycles. The van der Waals surface area contributed by atoms with E-state index in [0.717, 1.165) is 45.0 Å². The third-order valence-corrected chi connectivity index (χ3v) is 5.44. The number of likely N-dealkylation sites (tertiary alicyclic amines) is 1. The molecular formula is C16H29NO5S. The fourth-order valence-electron chi connectivity index (χ4n) is 3.61. The van der Waals surface area contributed by atoms with E-state index in [-0.39, 0.29) is 23.5 Å². The lowest BCUT2D eigenvalue weighted by atomic mass is 9.65. The predicted octanol–water partition coefficient (Wildman–Crippen LogP) is 2.78. The normalized spacial score (nSPS) is 23.4. The molecule has 134 valence electrons. The fourth-order valence-corrected chi connectivity index (χ4v) is 4.32. The number of carbonyl (C=O) groups is 1. The molecule has 7 heteroatoms. The molecule has 1 amide bonds. The van der Waals surface area contributed by atoms with Gasteiger partial charge in [0.25, 0.3) is 10.1 Å². The van der Waals surface area contributed by atoms with Crippen molar-refractivity contribution in [2.75, 3.05) is 19.3 Å². The van der Waals surface area contributed by atoms with Gasteiger partial charge in [0.15, 0.2) is 0 Å². The van der Waals surface area contributed by atoms with Crippen LogP contribution in [0, 0.1) is 11.3 Å². The summed E-state index contributed by atoms with van der Waals surface area (Å²) >= 11 is 0. The van der Waals surface area contributed by atoms with Gasteiger partial charge in [-0.05, 0) is 59.3 Å². The minimum Gasteiger partial charge on any atom is -0.444 e. The van der Waals surface area contributed by atoms with E-state index in [1.54, 1.807) is 4.90 Å². The molecule has 2 fully saturated rings. The highest BCUT2D eigenvalue weighted by Crippen LogP contribution is 2.47. The van der Waals surface area contributed by atoms with Crippen LogP contribution in [0.5, 0.6) is 0 Å². The molecule has 1 heterocycles. The van der Waals surface area contributed by atoms with Gasteiger partial charge in [0.2, 0.25) is 0 Å². The second kappa shape index (κ2) is 6.24. The number of nitrogens with zero attached hydrogens (tertiary/aromatic N) is 1. The maximum absolute atomic E-state index is 12.0. The molecule has 1 aliphatic heterocycles. The van der Waals surface area contributed by atoms with Crippen molar-refractivity contribution in [3.63, 3.8) is 0 Å². The first kappa shape index (κ1) is 18.5. The third kappa shape index (κ3) is 5.08. The molecule has 0 N–H and O–H groups in total. The highest BCUT2D eigenvalue weighted by atomic mass is 32.2. The van der Waals surface area contributed by atoms with E-state index in [1.807, 2.05) is 27.7 Å². The van der Waals surface area contributed by atoms with E-state index in [9.17, 15) is 13.2 Å². The molecule has 0 bridgehead atoms. The number of ether oxygens (including phenoxy) is 1. The van der Waals surface area contributed by atoms with Gasteiger partial charge in [-0.15, -0.1) is 0 Å². The number of rotatable bonds is 3. The van der Waals surface area contributed by atoms with Crippen LogP contribution >= 0.6 is 0 Å². The second-order valence-corrected chi connectivity index (χ2v) is 9.78. The first-order chi connectivity index (χ1) is 10.4. The molecule has 2 rings (SSSR count). The van der Waals surface area contributed by atoms with Crippen molar-refractivity contribution < 1.29 is 22.1 Å². The van der Waals surface area contributed by atoms with Crippen molar-refractivity contribution in [2.45, 2.75) is 65.1 Å². The Morgan fingerprint density at radius 1 is 1.22 bits per heavy atom. The maximum atomic E-state index is 12.0. The zero-order valence-corrected chi connectivity index (χ0v) is 15.6. The van der Waals surface area contributed by atoms with E-state index in [4.69, 9.17) is 8.92 Å². The Morgan fingerprint density at radius 2 is 1.74 bits per heavy atom. The molecule has 23 heavy (non-hydrogen) atoms. The Balaban J connectivity index is 1.79. The summed E-state index contributed by atoms with van der Waals surface area (Å²) in [5.74, 6) is 0.269. The molecule has 1 unspecified atom stereocenters. The molecule has 1 saturated carbocycles. The van der Waals surface area contributed by atoms with Crippen LogP contribution in [0.15, 0.2) is 0 Å². The van der Waals surface area contributed by atoms with Crippen molar-refractivity contribution in [3.05, 3.63) is 0 Å². The van der Waals surface area contributed by atoms with Gasteiger partial charge in [-0.2, -0.15) is 8.42 Å². The van der Waals surface area contributed by atoms with Crippen molar-refractivity contribution in [3.8, 4) is 0 Å². The molecule has 1 atom stereocenters. The summed E-state index contributed by atoms with van der Waals surface area (Å²) in [4.78, 5) is 13.8. The molecule has 0 aromatic carbocycles. The van der Waals surface area contributed by atoms with Crippen LogP contribution in [-0.4, -0.2) is 50.5 Å². The summed E-state index contributed by atoms with van der Waals surface area (Å²) in [7, 11) is -3.40. The summed E-state index contributed by atoms with van der Waals surface area (Å²) in [5, 5.41) is 0. The lowest BCUT2D eigenvalue weighted by Crippen LogP contribution is -2.60.